The average Bonchev–Trinajstić information content (AvgIpc) is 3.45. The number of aromatic hydroxyl groups is 1. The summed E-state index contributed by atoms with van der Waals surface area (Å²) in [5.41, 5.74) is 3.13. The number of aromatic nitrogens is 2. The van der Waals surface area contributed by atoms with Crippen LogP contribution in [0.2, 0.25) is 0 Å². The zero-order valence-corrected chi connectivity index (χ0v) is 25.2. The second kappa shape index (κ2) is 13.2. The third-order valence-corrected chi connectivity index (χ3v) is 9.37. The molecule has 1 aliphatic carbocycles. The molecule has 9 nitrogen and oxygen atoms in total. The number of nitrogens with zero attached hydrogens (tertiary/aromatic N) is 6. The zero-order chi connectivity index (χ0) is 30.6. The third kappa shape index (κ3) is 6.20. The highest BCUT2D eigenvalue weighted by atomic mass is 19.1. The van der Waals surface area contributed by atoms with E-state index in [0.717, 1.165) is 65.6 Å². The molecule has 2 fully saturated rings. The highest BCUT2D eigenvalue weighted by Crippen LogP contribution is 2.40. The van der Waals surface area contributed by atoms with E-state index in [-0.39, 0.29) is 30.0 Å². The number of ether oxygens (including phenoxy) is 1. The van der Waals surface area contributed by atoms with E-state index < -0.39 is 6.67 Å². The Morgan fingerprint density at radius 2 is 2.05 bits per heavy atom. The molecule has 44 heavy (non-hydrogen) atoms. The van der Waals surface area contributed by atoms with Crippen LogP contribution in [0.15, 0.2) is 48.6 Å². The first-order valence-corrected chi connectivity index (χ1v) is 15.5. The molecule has 0 saturated carbocycles. The molecule has 0 unspecified atom stereocenters. The number of alkyl halides is 1. The Morgan fingerprint density at radius 3 is 2.84 bits per heavy atom. The lowest BCUT2D eigenvalue weighted by Gasteiger charge is -2.42. The Labute approximate surface area is 257 Å². The number of rotatable bonds is 8. The summed E-state index contributed by atoms with van der Waals surface area (Å²) in [6.45, 7) is 2.23. The van der Waals surface area contributed by atoms with E-state index in [9.17, 15) is 19.6 Å². The second-order valence-electron chi connectivity index (χ2n) is 12.1. The Morgan fingerprint density at radius 1 is 1.18 bits per heavy atom. The smallest absolute Gasteiger partial charge is 0.318 e. The molecule has 230 valence electrons. The summed E-state index contributed by atoms with van der Waals surface area (Å²) < 4.78 is 19.0. The van der Waals surface area contributed by atoms with Gasteiger partial charge in [0.25, 0.3) is 0 Å². The molecule has 1 aromatic heterocycles. The number of hydrogen-bond donors (Lipinski definition) is 1. The lowest BCUT2D eigenvalue weighted by molar-refractivity contribution is -0.128. The number of phenols is 1. The number of likely N-dealkylation sites (N-methyl/N-ethyl adjacent to an activating group) is 1. The van der Waals surface area contributed by atoms with E-state index >= 15 is 0 Å². The van der Waals surface area contributed by atoms with E-state index in [1.54, 1.807) is 11.0 Å². The number of hydrogen-bond acceptors (Lipinski definition) is 8. The zero-order valence-electron chi connectivity index (χ0n) is 25.2. The molecule has 2 saturated heterocycles. The van der Waals surface area contributed by atoms with Crippen molar-refractivity contribution in [1.82, 2.24) is 19.8 Å². The maximum absolute atomic E-state index is 12.8. The standard InChI is InChI=1S/C34H39FN6O3/c1-39-15-5-7-26(39)22-44-34-37-31-19-24(30-20-27(42)18-23-6-2-3-8-28(23)30)10-11-29(31)33(38-34)40-16-17-41(25(21-40)12-14-36)32(43)9-4-13-35/h2-4,6,8-9,18,20,24-26,42H,5,7,10-13,15-17,19,21-22H2,1H3/b9-4+/t24-,25+,26+/m1/s1. The molecule has 0 spiro atoms. The predicted molar refractivity (Wildman–Crippen MR) is 167 cm³/mol. The van der Waals surface area contributed by atoms with Gasteiger partial charge in [0.2, 0.25) is 5.91 Å². The van der Waals surface area contributed by atoms with Gasteiger partial charge in [0.1, 0.15) is 24.8 Å². The Hall–Kier alpha value is -4.23. The number of fused-ring (bicyclic) bond motifs is 2. The van der Waals surface area contributed by atoms with Crippen LogP contribution in [-0.2, 0) is 17.6 Å². The number of allylic oxidation sites excluding steroid dienone is 1. The molecule has 3 atom stereocenters. The van der Waals surface area contributed by atoms with Crippen molar-refractivity contribution in [2.45, 2.75) is 56.5 Å². The molecule has 3 aromatic rings. The normalized spacial score (nSPS) is 22.3. The topological polar surface area (TPSA) is 106 Å². The maximum Gasteiger partial charge on any atom is 0.318 e. The summed E-state index contributed by atoms with van der Waals surface area (Å²) in [5.74, 6) is 0.950. The van der Waals surface area contributed by atoms with Crippen molar-refractivity contribution in [2.75, 3.05) is 51.4 Å². The Bertz CT molecular complexity index is 1590. The maximum atomic E-state index is 12.8. The van der Waals surface area contributed by atoms with Crippen molar-refractivity contribution in [2.24, 2.45) is 0 Å². The van der Waals surface area contributed by atoms with Crippen LogP contribution in [0.3, 0.4) is 0 Å². The molecule has 2 aromatic carbocycles. The van der Waals surface area contributed by atoms with Gasteiger partial charge in [0.15, 0.2) is 0 Å². The van der Waals surface area contributed by atoms with Gasteiger partial charge >= 0.3 is 6.01 Å². The number of anilines is 1. The van der Waals surface area contributed by atoms with Crippen LogP contribution in [-0.4, -0.2) is 89.4 Å². The summed E-state index contributed by atoms with van der Waals surface area (Å²) in [4.78, 5) is 28.8. The number of phenolic OH excluding ortho intramolecular Hbond substituents is 1. The molecule has 3 heterocycles. The van der Waals surface area contributed by atoms with Crippen molar-refractivity contribution in [3.05, 3.63) is 65.4 Å². The molecular formula is C34H39FN6O3. The minimum Gasteiger partial charge on any atom is -0.508 e. The molecule has 1 amide bonds. The number of amides is 1. The Kier molecular flexibility index (Phi) is 8.94. The fourth-order valence-corrected chi connectivity index (χ4v) is 7.05. The lowest BCUT2D eigenvalue weighted by atomic mass is 9.80. The predicted octanol–water partition coefficient (Wildman–Crippen LogP) is 4.54. The van der Waals surface area contributed by atoms with Gasteiger partial charge in [0, 0.05) is 37.3 Å². The van der Waals surface area contributed by atoms with Crippen molar-refractivity contribution in [3.63, 3.8) is 0 Å². The van der Waals surface area contributed by atoms with Crippen LogP contribution >= 0.6 is 0 Å². The second-order valence-corrected chi connectivity index (χ2v) is 12.1. The van der Waals surface area contributed by atoms with E-state index in [1.165, 1.54) is 12.2 Å². The fourth-order valence-electron chi connectivity index (χ4n) is 7.05. The first-order chi connectivity index (χ1) is 21.4. The van der Waals surface area contributed by atoms with Crippen molar-refractivity contribution < 1.29 is 19.0 Å². The van der Waals surface area contributed by atoms with E-state index in [1.807, 2.05) is 24.3 Å². The van der Waals surface area contributed by atoms with Gasteiger partial charge in [-0.3, -0.25) is 4.79 Å². The number of benzene rings is 2. The van der Waals surface area contributed by atoms with E-state index in [4.69, 9.17) is 14.7 Å². The van der Waals surface area contributed by atoms with Crippen molar-refractivity contribution in [3.8, 4) is 17.8 Å². The molecule has 2 aliphatic heterocycles. The number of carbonyl (C=O) groups excluding carboxylic acids is 1. The fraction of sp³-hybridized carbons (Fsp3) is 0.471. The van der Waals surface area contributed by atoms with Gasteiger partial charge in [-0.05, 0) is 86.2 Å². The number of piperazine rings is 1. The number of likely N-dealkylation sites (tertiary alicyclic amines) is 1. The summed E-state index contributed by atoms with van der Waals surface area (Å²) in [5, 5.41) is 22.2. The third-order valence-electron chi connectivity index (χ3n) is 9.37. The summed E-state index contributed by atoms with van der Waals surface area (Å²) in [6.07, 6.45) is 7.16. The van der Waals surface area contributed by atoms with E-state index in [2.05, 4.69) is 29.0 Å². The van der Waals surface area contributed by atoms with Gasteiger partial charge in [-0.15, -0.1) is 0 Å². The van der Waals surface area contributed by atoms with Crippen molar-refractivity contribution in [1.29, 1.82) is 5.26 Å². The summed E-state index contributed by atoms with van der Waals surface area (Å²) in [6, 6.07) is 14.4. The monoisotopic (exact) mass is 598 g/mol. The highest BCUT2D eigenvalue weighted by molar-refractivity contribution is 5.88. The van der Waals surface area contributed by atoms with Crippen LogP contribution in [0.1, 0.15) is 48.4 Å². The first kappa shape index (κ1) is 29.8. The number of nitriles is 1. The molecule has 10 heteroatoms. The van der Waals surface area contributed by atoms with Crippen molar-refractivity contribution >= 4 is 22.5 Å². The quantitative estimate of drug-likeness (QED) is 0.377. The molecular weight excluding hydrogens is 559 g/mol. The van der Waals surface area contributed by atoms with Gasteiger partial charge in [0.05, 0.1) is 24.2 Å². The highest BCUT2D eigenvalue weighted by Gasteiger charge is 2.34. The molecule has 1 N–H and O–H groups in total. The summed E-state index contributed by atoms with van der Waals surface area (Å²) in [7, 11) is 2.11. The molecule has 0 radical (unpaired) electrons. The first-order valence-electron chi connectivity index (χ1n) is 15.5. The lowest BCUT2D eigenvalue weighted by Crippen LogP contribution is -2.55. The number of halogens is 1. The molecule has 0 bridgehead atoms. The minimum absolute atomic E-state index is 0.166. The van der Waals surface area contributed by atoms with E-state index in [0.29, 0.717) is 44.7 Å². The molecule has 6 rings (SSSR count). The van der Waals surface area contributed by atoms with Gasteiger partial charge in [-0.25, -0.2) is 4.39 Å². The number of carbonyl (C=O) groups is 1. The van der Waals surface area contributed by atoms with Crippen LogP contribution < -0.4 is 9.64 Å². The average molecular weight is 599 g/mol. The SMILES string of the molecule is CN1CCC[C@H]1COc1nc2c(c(N3CCN(C(=O)/C=C/CF)[C@@H](CC#N)C3)n1)CC[C@@H](c1cc(O)cc3ccccc13)C2. The largest absolute Gasteiger partial charge is 0.508 e. The van der Waals surface area contributed by atoms with Gasteiger partial charge in [-0.1, -0.05) is 24.3 Å². The minimum atomic E-state index is -0.708. The van der Waals surface area contributed by atoms with Crippen LogP contribution in [0.25, 0.3) is 10.8 Å². The summed E-state index contributed by atoms with van der Waals surface area (Å²) >= 11 is 0. The van der Waals surface area contributed by atoms with Crippen LogP contribution in [0.5, 0.6) is 11.8 Å². The van der Waals surface area contributed by atoms with Gasteiger partial charge in [-0.2, -0.15) is 15.2 Å². The van der Waals surface area contributed by atoms with Gasteiger partial charge < -0.3 is 24.5 Å². The van der Waals surface area contributed by atoms with Crippen LogP contribution in [0, 0.1) is 11.3 Å². The van der Waals surface area contributed by atoms with Crippen LogP contribution in [0.4, 0.5) is 10.2 Å². The Balaban J connectivity index is 1.32. The molecule has 3 aliphatic rings.